The molecule has 4 nitrogen and oxygen atoms in total. The number of primary amides is 1. The number of rotatable bonds is 2. The predicted octanol–water partition coefficient (Wildman–Crippen LogP) is 0.512. The summed E-state index contributed by atoms with van der Waals surface area (Å²) in [4.78, 5) is 25.1. The number of ketones is 1. The Morgan fingerprint density at radius 2 is 2.08 bits per heavy atom. The Morgan fingerprint density at radius 3 is 2.50 bits per heavy atom. The van der Waals surface area contributed by atoms with Crippen LogP contribution in [0.25, 0.3) is 0 Å². The van der Waals surface area contributed by atoms with Gasteiger partial charge in [0.25, 0.3) is 11.7 Å². The van der Waals surface area contributed by atoms with Gasteiger partial charge in [0.1, 0.15) is 4.60 Å². The quantitative estimate of drug-likeness (QED) is 0.456. The molecule has 2 N–H and O–H groups in total. The highest BCUT2D eigenvalue weighted by Crippen LogP contribution is 2.06. The maximum atomic E-state index is 10.9. The van der Waals surface area contributed by atoms with Crippen LogP contribution < -0.4 is 5.73 Å². The van der Waals surface area contributed by atoms with E-state index in [4.69, 9.17) is 5.73 Å². The molecule has 1 heterocycles. The molecular weight excluding hydrogens is 224 g/mol. The standard InChI is InChI=1S/C7H5BrN2O2/c8-5-2-1-4(3-10-5)6(11)7(9)12/h1-3H,(H2,9,12). The first-order valence-corrected chi connectivity index (χ1v) is 3.86. The van der Waals surface area contributed by atoms with E-state index in [0.29, 0.717) is 4.60 Å². The smallest absolute Gasteiger partial charge is 0.289 e. The van der Waals surface area contributed by atoms with Crippen LogP contribution in [0.2, 0.25) is 0 Å². The molecule has 0 spiro atoms. The Kier molecular flexibility index (Phi) is 2.54. The third-order valence-corrected chi connectivity index (χ3v) is 1.68. The minimum atomic E-state index is -0.973. The van der Waals surface area contributed by atoms with Crippen LogP contribution in [0.4, 0.5) is 0 Å². The Morgan fingerprint density at radius 1 is 1.42 bits per heavy atom. The normalized spacial score (nSPS) is 9.42. The molecule has 0 aromatic carbocycles. The first-order valence-electron chi connectivity index (χ1n) is 3.07. The highest BCUT2D eigenvalue weighted by molar-refractivity contribution is 9.10. The van der Waals surface area contributed by atoms with Gasteiger partial charge in [0.15, 0.2) is 0 Å². The van der Waals surface area contributed by atoms with Gasteiger partial charge in [-0.3, -0.25) is 9.59 Å². The van der Waals surface area contributed by atoms with Crippen LogP contribution in [0, 0.1) is 0 Å². The molecule has 5 heteroatoms. The van der Waals surface area contributed by atoms with Crippen molar-refractivity contribution >= 4 is 27.6 Å². The Hall–Kier alpha value is -1.23. The molecule has 1 amide bonds. The molecule has 0 bridgehead atoms. The van der Waals surface area contributed by atoms with E-state index in [0.717, 1.165) is 0 Å². The number of hydrogen-bond donors (Lipinski definition) is 1. The molecule has 0 radical (unpaired) electrons. The van der Waals surface area contributed by atoms with Gasteiger partial charge in [-0.15, -0.1) is 0 Å². The fraction of sp³-hybridized carbons (Fsp3) is 0. The van der Waals surface area contributed by atoms with Crippen LogP contribution in [0.1, 0.15) is 10.4 Å². The maximum absolute atomic E-state index is 10.9. The lowest BCUT2D eigenvalue weighted by Crippen LogP contribution is -2.23. The summed E-state index contributed by atoms with van der Waals surface area (Å²) in [7, 11) is 0. The van der Waals surface area contributed by atoms with Crippen molar-refractivity contribution in [2.45, 2.75) is 0 Å². The monoisotopic (exact) mass is 228 g/mol. The summed E-state index contributed by atoms with van der Waals surface area (Å²) < 4.78 is 0.600. The molecule has 1 rings (SSSR count). The molecule has 0 saturated carbocycles. The summed E-state index contributed by atoms with van der Waals surface area (Å²) in [5, 5.41) is 0. The van der Waals surface area contributed by atoms with E-state index >= 15 is 0 Å². The number of carbonyl (C=O) groups excluding carboxylic acids is 2. The molecule has 0 saturated heterocycles. The number of pyridine rings is 1. The van der Waals surface area contributed by atoms with Gasteiger partial charge in [0.2, 0.25) is 0 Å². The Bertz CT molecular complexity index is 321. The van der Waals surface area contributed by atoms with Crippen LogP contribution >= 0.6 is 15.9 Å². The summed E-state index contributed by atoms with van der Waals surface area (Å²) in [5.74, 6) is -1.70. The molecule has 0 unspecified atom stereocenters. The number of aromatic nitrogens is 1. The molecule has 0 atom stereocenters. The lowest BCUT2D eigenvalue weighted by Gasteiger charge is -1.94. The van der Waals surface area contributed by atoms with Gasteiger partial charge < -0.3 is 5.73 Å². The summed E-state index contributed by atoms with van der Waals surface area (Å²) in [6, 6.07) is 3.04. The van der Waals surface area contributed by atoms with Crippen LogP contribution in [0.3, 0.4) is 0 Å². The third kappa shape index (κ3) is 1.88. The maximum Gasteiger partial charge on any atom is 0.289 e. The van der Waals surface area contributed by atoms with E-state index in [-0.39, 0.29) is 5.56 Å². The van der Waals surface area contributed by atoms with Crippen molar-refractivity contribution in [1.29, 1.82) is 0 Å². The van der Waals surface area contributed by atoms with Crippen LogP contribution in [0.15, 0.2) is 22.9 Å². The van der Waals surface area contributed by atoms with E-state index in [1.54, 1.807) is 6.07 Å². The molecule has 0 aliphatic heterocycles. The van der Waals surface area contributed by atoms with Crippen molar-refractivity contribution in [3.63, 3.8) is 0 Å². The Balaban J connectivity index is 2.98. The number of halogens is 1. The second-order valence-electron chi connectivity index (χ2n) is 2.06. The zero-order chi connectivity index (χ0) is 9.14. The highest BCUT2D eigenvalue weighted by atomic mass is 79.9. The van der Waals surface area contributed by atoms with E-state index < -0.39 is 11.7 Å². The lowest BCUT2D eigenvalue weighted by molar-refractivity contribution is -0.114. The second kappa shape index (κ2) is 3.44. The van der Waals surface area contributed by atoms with E-state index in [1.165, 1.54) is 12.3 Å². The molecule has 0 aliphatic rings. The summed E-state index contributed by atoms with van der Waals surface area (Å²) in [6.07, 6.45) is 1.29. The van der Waals surface area contributed by atoms with Gasteiger partial charge in [0, 0.05) is 11.8 Å². The molecule has 1 aromatic rings. The molecule has 0 aliphatic carbocycles. The third-order valence-electron chi connectivity index (χ3n) is 1.21. The summed E-state index contributed by atoms with van der Waals surface area (Å²) >= 11 is 3.09. The Labute approximate surface area is 76.9 Å². The number of Topliss-reactive ketones (excluding diaryl/α,β-unsaturated/α-hetero) is 1. The van der Waals surface area contributed by atoms with Gasteiger partial charge >= 0.3 is 0 Å². The second-order valence-corrected chi connectivity index (χ2v) is 2.88. The van der Waals surface area contributed by atoms with Gasteiger partial charge in [-0.25, -0.2) is 4.98 Å². The van der Waals surface area contributed by atoms with Crippen LogP contribution in [0.5, 0.6) is 0 Å². The van der Waals surface area contributed by atoms with E-state index in [2.05, 4.69) is 20.9 Å². The summed E-state index contributed by atoms with van der Waals surface area (Å²) in [6.45, 7) is 0. The van der Waals surface area contributed by atoms with Crippen LogP contribution in [-0.4, -0.2) is 16.7 Å². The molecule has 0 fully saturated rings. The zero-order valence-electron chi connectivity index (χ0n) is 5.95. The van der Waals surface area contributed by atoms with E-state index in [9.17, 15) is 9.59 Å². The number of hydrogen-bond acceptors (Lipinski definition) is 3. The molecule has 62 valence electrons. The molecule has 12 heavy (non-hydrogen) atoms. The van der Waals surface area contributed by atoms with Crippen molar-refractivity contribution in [1.82, 2.24) is 4.98 Å². The average molecular weight is 229 g/mol. The molecule has 1 aromatic heterocycles. The van der Waals surface area contributed by atoms with Crippen molar-refractivity contribution in [3.8, 4) is 0 Å². The minimum absolute atomic E-state index is 0.200. The fourth-order valence-corrected chi connectivity index (χ4v) is 0.887. The highest BCUT2D eigenvalue weighted by Gasteiger charge is 2.11. The van der Waals surface area contributed by atoms with Crippen molar-refractivity contribution in [2.75, 3.05) is 0 Å². The number of nitrogens with two attached hydrogens (primary N) is 1. The van der Waals surface area contributed by atoms with E-state index in [1.807, 2.05) is 0 Å². The average Bonchev–Trinajstić information content (AvgIpc) is 2.04. The number of amides is 1. The SMILES string of the molecule is NC(=O)C(=O)c1ccc(Br)nc1. The molecular formula is C7H5BrN2O2. The van der Waals surface area contributed by atoms with Gasteiger partial charge in [-0.1, -0.05) is 0 Å². The van der Waals surface area contributed by atoms with Crippen molar-refractivity contribution in [3.05, 3.63) is 28.5 Å². The largest absolute Gasteiger partial charge is 0.363 e. The van der Waals surface area contributed by atoms with Crippen molar-refractivity contribution in [2.24, 2.45) is 5.73 Å². The first-order chi connectivity index (χ1) is 5.61. The van der Waals surface area contributed by atoms with Crippen molar-refractivity contribution < 1.29 is 9.59 Å². The number of carbonyl (C=O) groups is 2. The topological polar surface area (TPSA) is 73.1 Å². The summed E-state index contributed by atoms with van der Waals surface area (Å²) in [5.41, 5.74) is 4.98. The van der Waals surface area contributed by atoms with Gasteiger partial charge in [0.05, 0.1) is 0 Å². The van der Waals surface area contributed by atoms with Crippen LogP contribution in [-0.2, 0) is 4.79 Å². The predicted molar refractivity (Wildman–Crippen MR) is 45.5 cm³/mol. The fourth-order valence-electron chi connectivity index (χ4n) is 0.652. The zero-order valence-corrected chi connectivity index (χ0v) is 7.54. The minimum Gasteiger partial charge on any atom is -0.363 e. The van der Waals surface area contributed by atoms with Gasteiger partial charge in [-0.05, 0) is 28.1 Å². The van der Waals surface area contributed by atoms with Gasteiger partial charge in [-0.2, -0.15) is 0 Å². The number of nitrogens with zero attached hydrogens (tertiary/aromatic N) is 1. The lowest BCUT2D eigenvalue weighted by atomic mass is 10.2. The first kappa shape index (κ1) is 8.86.